The van der Waals surface area contributed by atoms with Crippen LogP contribution in [0.2, 0.25) is 0 Å². The van der Waals surface area contributed by atoms with Crippen LogP contribution in [0.25, 0.3) is 10.9 Å². The van der Waals surface area contributed by atoms with Crippen molar-refractivity contribution >= 4 is 28.4 Å². The van der Waals surface area contributed by atoms with E-state index in [1.807, 2.05) is 59.5 Å². The van der Waals surface area contributed by atoms with E-state index in [2.05, 4.69) is 66.7 Å². The molecule has 1 saturated heterocycles. The molecule has 0 bridgehead atoms. The van der Waals surface area contributed by atoms with Crippen LogP contribution in [0.15, 0.2) is 78.9 Å². The molecule has 0 spiro atoms. The smallest absolute Gasteiger partial charge is 0.270 e. The van der Waals surface area contributed by atoms with E-state index < -0.39 is 0 Å². The molecule has 2 amide bonds. The van der Waals surface area contributed by atoms with Crippen molar-refractivity contribution in [3.8, 4) is 0 Å². The summed E-state index contributed by atoms with van der Waals surface area (Å²) < 4.78 is 7.72. The van der Waals surface area contributed by atoms with Crippen molar-refractivity contribution < 1.29 is 14.3 Å². The first-order chi connectivity index (χ1) is 20.2. The van der Waals surface area contributed by atoms with Crippen molar-refractivity contribution in [2.24, 2.45) is 0 Å². The van der Waals surface area contributed by atoms with Crippen LogP contribution >= 0.6 is 0 Å². The van der Waals surface area contributed by atoms with E-state index in [9.17, 15) is 9.59 Å². The van der Waals surface area contributed by atoms with Crippen molar-refractivity contribution in [1.29, 1.82) is 0 Å². The minimum absolute atomic E-state index is 0.0357. The summed E-state index contributed by atoms with van der Waals surface area (Å²) in [6, 6.07) is 26.3. The number of hydrogen-bond acceptors (Lipinski definition) is 4. The van der Waals surface area contributed by atoms with E-state index >= 15 is 0 Å². The van der Waals surface area contributed by atoms with Gasteiger partial charge in [0, 0.05) is 49.3 Å². The van der Waals surface area contributed by atoms with Crippen LogP contribution < -0.4 is 5.32 Å². The first-order valence-electron chi connectivity index (χ1n) is 14.9. The second-order valence-corrected chi connectivity index (χ2v) is 12.1. The van der Waals surface area contributed by atoms with Crippen molar-refractivity contribution in [3.63, 3.8) is 0 Å². The van der Waals surface area contributed by atoms with Crippen LogP contribution in [-0.2, 0) is 28.1 Å². The summed E-state index contributed by atoms with van der Waals surface area (Å²) in [7, 11) is 0. The maximum atomic E-state index is 13.9. The zero-order valence-electron chi connectivity index (χ0n) is 25.2. The highest BCUT2D eigenvalue weighted by Crippen LogP contribution is 2.27. The molecule has 0 radical (unpaired) electrons. The Hall–Kier alpha value is -3.94. The number of ether oxygens (including phenoxy) is 1. The molecule has 1 N–H and O–H groups in total. The van der Waals surface area contributed by atoms with Gasteiger partial charge in [-0.2, -0.15) is 0 Å². The van der Waals surface area contributed by atoms with Gasteiger partial charge in [-0.15, -0.1) is 0 Å². The molecule has 42 heavy (non-hydrogen) atoms. The standard InChI is InChI=1S/C35H42N4O3/c1-5-37-17-19-38(20-18-37)34(41)32-22-28-21-30(36-33(40)25-42-24-27-9-7-6-8-10-27)15-16-31(28)39(32)23-26-11-13-29(14-12-26)35(2,3)4/h6-16,21-22H,5,17-20,23-25H2,1-4H3,(H,36,40). The number of aromatic nitrogens is 1. The van der Waals surface area contributed by atoms with E-state index in [1.165, 1.54) is 5.56 Å². The molecule has 0 saturated carbocycles. The second-order valence-electron chi connectivity index (χ2n) is 12.1. The van der Waals surface area contributed by atoms with Gasteiger partial charge in [-0.3, -0.25) is 9.59 Å². The lowest BCUT2D eigenvalue weighted by atomic mass is 9.87. The van der Waals surface area contributed by atoms with E-state index in [4.69, 9.17) is 4.74 Å². The van der Waals surface area contributed by atoms with Gasteiger partial charge in [0.1, 0.15) is 12.3 Å². The lowest BCUT2D eigenvalue weighted by Crippen LogP contribution is -2.48. The molecule has 3 aromatic carbocycles. The lowest BCUT2D eigenvalue weighted by Gasteiger charge is -2.34. The fourth-order valence-electron chi connectivity index (χ4n) is 5.45. The van der Waals surface area contributed by atoms with Gasteiger partial charge in [-0.25, -0.2) is 0 Å². The van der Waals surface area contributed by atoms with Gasteiger partial charge in [-0.1, -0.05) is 82.3 Å². The summed E-state index contributed by atoms with van der Waals surface area (Å²) in [4.78, 5) is 30.8. The Labute approximate surface area is 249 Å². The van der Waals surface area contributed by atoms with Gasteiger partial charge in [0.2, 0.25) is 5.91 Å². The maximum Gasteiger partial charge on any atom is 0.270 e. The predicted molar refractivity (Wildman–Crippen MR) is 169 cm³/mol. The van der Waals surface area contributed by atoms with Crippen LogP contribution in [0.1, 0.15) is 54.9 Å². The topological polar surface area (TPSA) is 66.8 Å². The Bertz CT molecular complexity index is 1510. The van der Waals surface area contributed by atoms with Crippen LogP contribution in [0, 0.1) is 0 Å². The highest BCUT2D eigenvalue weighted by atomic mass is 16.5. The number of anilines is 1. The van der Waals surface area contributed by atoms with Crippen molar-refractivity contribution in [2.75, 3.05) is 44.6 Å². The molecule has 1 aromatic heterocycles. The number of benzene rings is 3. The normalized spacial score (nSPS) is 14.3. The minimum atomic E-state index is -0.214. The summed E-state index contributed by atoms with van der Waals surface area (Å²) >= 11 is 0. The van der Waals surface area contributed by atoms with Crippen molar-refractivity contribution in [1.82, 2.24) is 14.4 Å². The molecule has 4 aromatic rings. The van der Waals surface area contributed by atoms with Gasteiger partial charge in [0.25, 0.3) is 5.91 Å². The number of carbonyl (C=O) groups is 2. The van der Waals surface area contributed by atoms with Crippen LogP contribution in [-0.4, -0.2) is 65.5 Å². The maximum absolute atomic E-state index is 13.9. The van der Waals surface area contributed by atoms with Gasteiger partial charge in [-0.05, 0) is 52.9 Å². The van der Waals surface area contributed by atoms with Crippen LogP contribution in [0.3, 0.4) is 0 Å². The number of fused-ring (bicyclic) bond motifs is 1. The molecule has 5 rings (SSSR count). The van der Waals surface area contributed by atoms with E-state index in [-0.39, 0.29) is 23.8 Å². The molecule has 1 aliphatic rings. The van der Waals surface area contributed by atoms with Crippen molar-refractivity contribution in [2.45, 2.75) is 46.3 Å². The molecule has 1 fully saturated rings. The number of hydrogen-bond donors (Lipinski definition) is 1. The quantitative estimate of drug-likeness (QED) is 0.273. The molecule has 1 aliphatic heterocycles. The Morgan fingerprint density at radius 2 is 1.57 bits per heavy atom. The Kier molecular flexibility index (Phi) is 9.09. The second kappa shape index (κ2) is 12.9. The highest BCUT2D eigenvalue weighted by Gasteiger charge is 2.25. The first kappa shape index (κ1) is 29.5. The fraction of sp³-hybridized carbons (Fsp3) is 0.371. The molecule has 2 heterocycles. The summed E-state index contributed by atoms with van der Waals surface area (Å²) in [5.74, 6) is -0.165. The first-order valence-corrected chi connectivity index (χ1v) is 14.9. The van der Waals surface area contributed by atoms with Gasteiger partial charge in [0.15, 0.2) is 0 Å². The Morgan fingerprint density at radius 1 is 0.857 bits per heavy atom. The lowest BCUT2D eigenvalue weighted by molar-refractivity contribution is -0.121. The summed E-state index contributed by atoms with van der Waals surface area (Å²) in [5.41, 5.74) is 5.83. The zero-order chi connectivity index (χ0) is 29.7. The SMILES string of the molecule is CCN1CCN(C(=O)c2cc3cc(NC(=O)COCc4ccccc4)ccc3n2Cc2ccc(C(C)(C)C)cc2)CC1. The summed E-state index contributed by atoms with van der Waals surface area (Å²) in [6.07, 6.45) is 0. The number of likely N-dealkylation sites (N-methyl/N-ethyl adjacent to an activating group) is 1. The Morgan fingerprint density at radius 3 is 2.24 bits per heavy atom. The van der Waals surface area contributed by atoms with E-state index in [1.54, 1.807) is 0 Å². The largest absolute Gasteiger partial charge is 0.367 e. The third kappa shape index (κ3) is 7.09. The van der Waals surface area contributed by atoms with Crippen LogP contribution in [0.4, 0.5) is 5.69 Å². The third-order valence-corrected chi connectivity index (χ3v) is 8.02. The monoisotopic (exact) mass is 566 g/mol. The predicted octanol–water partition coefficient (Wildman–Crippen LogP) is 5.92. The van der Waals surface area contributed by atoms with Gasteiger partial charge >= 0.3 is 0 Å². The highest BCUT2D eigenvalue weighted by molar-refractivity contribution is 6.01. The zero-order valence-corrected chi connectivity index (χ0v) is 25.2. The number of carbonyl (C=O) groups excluding carboxylic acids is 2. The number of amides is 2. The molecule has 7 heteroatoms. The number of piperazine rings is 1. The van der Waals surface area contributed by atoms with Gasteiger partial charge < -0.3 is 24.4 Å². The Balaban J connectivity index is 1.37. The molecule has 0 atom stereocenters. The summed E-state index contributed by atoms with van der Waals surface area (Å²) in [6.45, 7) is 13.9. The van der Waals surface area contributed by atoms with Gasteiger partial charge in [0.05, 0.1) is 6.61 Å². The number of nitrogens with one attached hydrogen (secondary N) is 1. The molecule has 220 valence electrons. The average Bonchev–Trinajstić information content (AvgIpc) is 3.34. The molecular weight excluding hydrogens is 524 g/mol. The van der Waals surface area contributed by atoms with Crippen LogP contribution in [0.5, 0.6) is 0 Å². The number of rotatable bonds is 9. The molecule has 0 aliphatic carbocycles. The summed E-state index contributed by atoms with van der Waals surface area (Å²) in [5, 5.41) is 3.87. The fourth-order valence-corrected chi connectivity index (χ4v) is 5.45. The van der Waals surface area contributed by atoms with E-state index in [0.717, 1.165) is 54.8 Å². The third-order valence-electron chi connectivity index (χ3n) is 8.02. The van der Waals surface area contributed by atoms with E-state index in [0.29, 0.717) is 24.5 Å². The minimum Gasteiger partial charge on any atom is -0.367 e. The molecular formula is C35H42N4O3. The average molecular weight is 567 g/mol. The number of nitrogens with zero attached hydrogens (tertiary/aromatic N) is 3. The molecule has 0 unspecified atom stereocenters. The molecule has 7 nitrogen and oxygen atoms in total. The van der Waals surface area contributed by atoms with Crippen molar-refractivity contribution in [3.05, 3.63) is 101 Å².